The van der Waals surface area contributed by atoms with E-state index < -0.39 is 0 Å². The first kappa shape index (κ1) is 26.4. The van der Waals surface area contributed by atoms with E-state index in [0.717, 1.165) is 49.2 Å². The summed E-state index contributed by atoms with van der Waals surface area (Å²) in [5.74, 6) is 1.73. The molecule has 200 valence electrons. The van der Waals surface area contributed by atoms with Crippen molar-refractivity contribution in [3.05, 3.63) is 88.1 Å². The van der Waals surface area contributed by atoms with Crippen molar-refractivity contribution >= 4 is 23.2 Å². The second-order valence-electron chi connectivity index (χ2n) is 10.4. The Hall–Kier alpha value is -3.16. The Morgan fingerprint density at radius 3 is 2.68 bits per heavy atom. The molecule has 1 N–H and O–H groups in total. The first-order valence-corrected chi connectivity index (χ1v) is 14.6. The molecule has 2 aliphatic rings. The number of hydrogen-bond acceptors (Lipinski definition) is 5. The van der Waals surface area contributed by atoms with Crippen LogP contribution in [0.25, 0.3) is 0 Å². The normalized spacial score (nSPS) is 20.8. The molecular weight excluding hydrogens is 494 g/mol. The van der Waals surface area contributed by atoms with Crippen molar-refractivity contribution < 1.29 is 14.3 Å². The number of fused-ring (bicyclic) bond motifs is 3. The molecule has 0 aliphatic carbocycles. The number of rotatable bonds is 6. The fraction of sp³-hybridized carbons (Fsp3) is 0.419. The van der Waals surface area contributed by atoms with Gasteiger partial charge in [-0.2, -0.15) is 0 Å². The highest BCUT2D eigenvalue weighted by molar-refractivity contribution is 7.09. The van der Waals surface area contributed by atoms with Crippen LogP contribution in [-0.2, 0) is 29.2 Å². The number of benzene rings is 2. The van der Waals surface area contributed by atoms with Crippen LogP contribution in [-0.4, -0.2) is 47.9 Å². The SMILES string of the molecule is O=C(C[C@@H]1CCN2C[C@@H]1CCCOc1ccccc1CN(Cc1cccs1)CC2=O)NCc1ccccc1. The second-order valence-corrected chi connectivity index (χ2v) is 11.5. The van der Waals surface area contributed by atoms with E-state index in [1.807, 2.05) is 53.4 Å². The lowest BCUT2D eigenvalue weighted by Crippen LogP contribution is -2.48. The predicted octanol–water partition coefficient (Wildman–Crippen LogP) is 5.09. The summed E-state index contributed by atoms with van der Waals surface area (Å²) in [5, 5.41) is 5.18. The van der Waals surface area contributed by atoms with Crippen LogP contribution in [0.15, 0.2) is 72.1 Å². The third kappa shape index (κ3) is 7.23. The summed E-state index contributed by atoms with van der Waals surface area (Å²) in [4.78, 5) is 31.9. The molecule has 3 aromatic rings. The van der Waals surface area contributed by atoms with Crippen LogP contribution < -0.4 is 10.1 Å². The van der Waals surface area contributed by atoms with Gasteiger partial charge in [0.05, 0.1) is 13.2 Å². The van der Waals surface area contributed by atoms with Gasteiger partial charge in [0.2, 0.25) is 11.8 Å². The zero-order valence-corrected chi connectivity index (χ0v) is 22.7. The smallest absolute Gasteiger partial charge is 0.236 e. The van der Waals surface area contributed by atoms with Crippen LogP contribution in [0.1, 0.15) is 41.7 Å². The molecular formula is C31H37N3O3S. The van der Waals surface area contributed by atoms with Gasteiger partial charge in [-0.05, 0) is 54.2 Å². The van der Waals surface area contributed by atoms with E-state index in [1.165, 1.54) is 4.88 Å². The van der Waals surface area contributed by atoms with Crippen molar-refractivity contribution in [1.29, 1.82) is 0 Å². The van der Waals surface area contributed by atoms with E-state index in [0.29, 0.717) is 45.1 Å². The van der Waals surface area contributed by atoms with Gasteiger partial charge in [0.25, 0.3) is 0 Å². The zero-order chi connectivity index (χ0) is 26.2. The molecule has 38 heavy (non-hydrogen) atoms. The molecule has 0 saturated carbocycles. The van der Waals surface area contributed by atoms with Gasteiger partial charge in [-0.3, -0.25) is 14.5 Å². The van der Waals surface area contributed by atoms with Crippen LogP contribution in [0.3, 0.4) is 0 Å². The molecule has 2 bridgehead atoms. The van der Waals surface area contributed by atoms with E-state index in [9.17, 15) is 9.59 Å². The number of ether oxygens (including phenoxy) is 1. The molecule has 3 heterocycles. The maximum absolute atomic E-state index is 13.5. The molecule has 2 aliphatic heterocycles. The fourth-order valence-corrected chi connectivity index (χ4v) is 6.38. The Morgan fingerprint density at radius 1 is 1.00 bits per heavy atom. The predicted molar refractivity (Wildman–Crippen MR) is 151 cm³/mol. The number of piperidine rings is 1. The number of carbonyl (C=O) groups is 2. The molecule has 0 unspecified atom stereocenters. The van der Waals surface area contributed by atoms with Gasteiger partial charge in [0.1, 0.15) is 5.75 Å². The molecule has 1 saturated heterocycles. The third-order valence-corrected chi connectivity index (χ3v) is 8.55. The second kappa shape index (κ2) is 13.1. The van der Waals surface area contributed by atoms with Gasteiger partial charge >= 0.3 is 0 Å². The summed E-state index contributed by atoms with van der Waals surface area (Å²) in [5.41, 5.74) is 2.22. The quantitative estimate of drug-likeness (QED) is 0.481. The van der Waals surface area contributed by atoms with Crippen molar-refractivity contribution in [2.75, 3.05) is 26.2 Å². The maximum atomic E-state index is 13.5. The van der Waals surface area contributed by atoms with E-state index >= 15 is 0 Å². The molecule has 5 rings (SSSR count). The van der Waals surface area contributed by atoms with Gasteiger partial charge in [0.15, 0.2) is 0 Å². The number of hydrogen-bond donors (Lipinski definition) is 1. The lowest BCUT2D eigenvalue weighted by molar-refractivity contribution is -0.135. The molecule has 0 spiro atoms. The molecule has 1 fully saturated rings. The van der Waals surface area contributed by atoms with E-state index in [2.05, 4.69) is 33.8 Å². The average molecular weight is 532 g/mol. The zero-order valence-electron chi connectivity index (χ0n) is 21.9. The topological polar surface area (TPSA) is 61.9 Å². The summed E-state index contributed by atoms with van der Waals surface area (Å²) in [6.07, 6.45) is 3.22. The van der Waals surface area contributed by atoms with Gasteiger partial charge in [-0.1, -0.05) is 54.6 Å². The summed E-state index contributed by atoms with van der Waals surface area (Å²) >= 11 is 1.72. The van der Waals surface area contributed by atoms with Crippen molar-refractivity contribution in [3.8, 4) is 5.75 Å². The van der Waals surface area contributed by atoms with Gasteiger partial charge in [-0.15, -0.1) is 11.3 Å². The van der Waals surface area contributed by atoms with Crippen LogP contribution in [0.4, 0.5) is 0 Å². The summed E-state index contributed by atoms with van der Waals surface area (Å²) in [6, 6.07) is 22.4. The minimum Gasteiger partial charge on any atom is -0.493 e. The summed E-state index contributed by atoms with van der Waals surface area (Å²) in [7, 11) is 0. The van der Waals surface area contributed by atoms with Crippen molar-refractivity contribution in [2.45, 2.75) is 45.3 Å². The summed E-state index contributed by atoms with van der Waals surface area (Å²) < 4.78 is 6.25. The van der Waals surface area contributed by atoms with Crippen molar-refractivity contribution in [3.63, 3.8) is 0 Å². The number of nitrogens with one attached hydrogen (secondary N) is 1. The first-order valence-electron chi connectivity index (χ1n) is 13.7. The van der Waals surface area contributed by atoms with Gasteiger partial charge in [-0.25, -0.2) is 0 Å². The average Bonchev–Trinajstić information content (AvgIpc) is 3.45. The Morgan fingerprint density at radius 2 is 1.84 bits per heavy atom. The van der Waals surface area contributed by atoms with Crippen LogP contribution in [0.2, 0.25) is 0 Å². The Balaban J connectivity index is 1.27. The monoisotopic (exact) mass is 531 g/mol. The van der Waals surface area contributed by atoms with Crippen LogP contribution >= 0.6 is 11.3 Å². The number of para-hydroxylation sites is 1. The highest BCUT2D eigenvalue weighted by atomic mass is 32.1. The Kier molecular flexibility index (Phi) is 9.10. The minimum absolute atomic E-state index is 0.0915. The van der Waals surface area contributed by atoms with E-state index in [-0.39, 0.29) is 17.7 Å². The Bertz CT molecular complexity index is 1180. The lowest BCUT2D eigenvalue weighted by atomic mass is 9.80. The Labute approximate surface area is 229 Å². The molecule has 2 aromatic carbocycles. The van der Waals surface area contributed by atoms with Crippen LogP contribution in [0, 0.1) is 11.8 Å². The highest BCUT2D eigenvalue weighted by Gasteiger charge is 2.33. The standard InChI is InChI=1S/C31H37N3O3S/c35-30(32-19-24-8-2-1-3-9-24)18-25-14-15-34-21-26(25)11-6-16-37-29-13-5-4-10-27(29)20-33(23-31(34)36)22-28-12-7-17-38-28/h1-5,7-10,12-13,17,25-26H,6,11,14-16,18-23H2,(H,32,35)/t25-,26-/m0/s1. The molecule has 0 radical (unpaired) electrons. The van der Waals surface area contributed by atoms with Crippen LogP contribution in [0.5, 0.6) is 5.75 Å². The van der Waals surface area contributed by atoms with Crippen molar-refractivity contribution in [1.82, 2.24) is 15.1 Å². The molecule has 1 aromatic heterocycles. The maximum Gasteiger partial charge on any atom is 0.236 e. The number of thiophene rings is 1. The molecule has 7 heteroatoms. The van der Waals surface area contributed by atoms with Gasteiger partial charge in [0, 0.05) is 49.6 Å². The van der Waals surface area contributed by atoms with E-state index in [4.69, 9.17) is 4.74 Å². The fourth-order valence-electron chi connectivity index (χ4n) is 5.64. The number of carbonyl (C=O) groups excluding carboxylic acids is 2. The largest absolute Gasteiger partial charge is 0.493 e. The third-order valence-electron chi connectivity index (χ3n) is 7.69. The molecule has 2 atom stereocenters. The number of amides is 2. The lowest BCUT2D eigenvalue weighted by Gasteiger charge is -2.39. The van der Waals surface area contributed by atoms with E-state index in [1.54, 1.807) is 11.3 Å². The minimum atomic E-state index is 0.0915. The first-order chi connectivity index (χ1) is 18.6. The number of nitrogens with zero attached hydrogens (tertiary/aromatic N) is 2. The molecule has 6 nitrogen and oxygen atoms in total. The van der Waals surface area contributed by atoms with Gasteiger partial charge < -0.3 is 15.0 Å². The van der Waals surface area contributed by atoms with Crippen molar-refractivity contribution in [2.24, 2.45) is 11.8 Å². The molecule has 2 amide bonds. The highest BCUT2D eigenvalue weighted by Crippen LogP contribution is 2.31. The summed E-state index contributed by atoms with van der Waals surface area (Å²) in [6.45, 7) is 4.40.